The van der Waals surface area contributed by atoms with Gasteiger partial charge in [-0.3, -0.25) is 9.59 Å². The van der Waals surface area contributed by atoms with Crippen molar-refractivity contribution in [2.45, 2.75) is 25.1 Å². The second-order valence-corrected chi connectivity index (χ2v) is 7.49. The summed E-state index contributed by atoms with van der Waals surface area (Å²) in [6.45, 7) is 2.61. The lowest BCUT2D eigenvalue weighted by molar-refractivity contribution is -0.128. The van der Waals surface area contributed by atoms with Gasteiger partial charge in [0.25, 0.3) is 0 Å². The molecule has 0 aliphatic carbocycles. The molecule has 0 spiro atoms. The van der Waals surface area contributed by atoms with Crippen LogP contribution in [0, 0.1) is 5.82 Å². The Morgan fingerprint density at radius 3 is 2.78 bits per heavy atom. The number of hydrogen-bond acceptors (Lipinski definition) is 5. The third-order valence-corrected chi connectivity index (χ3v) is 5.12. The topological polar surface area (TPSA) is 71.5 Å². The van der Waals surface area contributed by atoms with E-state index in [-0.39, 0.29) is 22.9 Å². The molecule has 2 amide bonds. The molecule has 27 heavy (non-hydrogen) atoms. The Hall–Kier alpha value is -2.61. The molecule has 3 rings (SSSR count). The quantitative estimate of drug-likeness (QED) is 0.738. The number of likely N-dealkylation sites (tertiary alicyclic amines) is 1. The van der Waals surface area contributed by atoms with Crippen LogP contribution >= 0.6 is 11.8 Å². The van der Waals surface area contributed by atoms with Gasteiger partial charge >= 0.3 is 0 Å². The third kappa shape index (κ3) is 5.68. The summed E-state index contributed by atoms with van der Waals surface area (Å²) in [5, 5.41) is 2.91. The van der Waals surface area contributed by atoms with Crippen molar-refractivity contribution >= 4 is 23.6 Å². The molecular formula is C19H20FN3O3S. The van der Waals surface area contributed by atoms with Crippen LogP contribution in [-0.4, -0.2) is 39.4 Å². The summed E-state index contributed by atoms with van der Waals surface area (Å²) in [7, 11) is 0. The van der Waals surface area contributed by atoms with Crippen LogP contribution in [0.4, 0.5) is 4.39 Å². The average molecular weight is 389 g/mol. The summed E-state index contributed by atoms with van der Waals surface area (Å²) < 4.78 is 18.5. The molecule has 1 N–H and O–H groups in total. The Balaban J connectivity index is 1.51. The molecule has 1 aliphatic heterocycles. The van der Waals surface area contributed by atoms with Crippen molar-refractivity contribution in [3.8, 4) is 11.6 Å². The number of aromatic nitrogens is 1. The normalized spacial score (nSPS) is 16.4. The van der Waals surface area contributed by atoms with Crippen molar-refractivity contribution in [2.75, 3.05) is 12.4 Å². The maximum absolute atomic E-state index is 12.9. The van der Waals surface area contributed by atoms with Crippen molar-refractivity contribution in [2.24, 2.45) is 0 Å². The molecular weight excluding hydrogens is 369 g/mol. The van der Waals surface area contributed by atoms with E-state index in [4.69, 9.17) is 4.74 Å². The number of rotatable bonds is 7. The van der Waals surface area contributed by atoms with Gasteiger partial charge in [-0.25, -0.2) is 9.37 Å². The van der Waals surface area contributed by atoms with Gasteiger partial charge < -0.3 is 15.0 Å². The minimum Gasteiger partial charge on any atom is -0.439 e. The molecule has 0 saturated carbocycles. The highest BCUT2D eigenvalue weighted by atomic mass is 32.2. The van der Waals surface area contributed by atoms with Crippen LogP contribution in [-0.2, 0) is 16.1 Å². The highest BCUT2D eigenvalue weighted by Crippen LogP contribution is 2.25. The number of carbonyl (C=O) groups is 2. The summed E-state index contributed by atoms with van der Waals surface area (Å²) in [5.74, 6) is 1.12. The number of pyridine rings is 1. The number of thioether (sulfide) groups is 1. The largest absolute Gasteiger partial charge is 0.439 e. The Labute approximate surface area is 161 Å². The van der Waals surface area contributed by atoms with E-state index in [1.165, 1.54) is 31.2 Å². The fourth-order valence-corrected chi connectivity index (χ4v) is 3.74. The first-order chi connectivity index (χ1) is 13.0. The van der Waals surface area contributed by atoms with Crippen LogP contribution in [0.25, 0.3) is 0 Å². The molecule has 1 saturated heterocycles. The summed E-state index contributed by atoms with van der Waals surface area (Å²) in [6.07, 6.45) is 2.15. The lowest BCUT2D eigenvalue weighted by Gasteiger charge is -2.16. The van der Waals surface area contributed by atoms with E-state index >= 15 is 0 Å². The molecule has 2 aromatic rings. The van der Waals surface area contributed by atoms with Crippen molar-refractivity contribution < 1.29 is 18.7 Å². The molecule has 2 heterocycles. The van der Waals surface area contributed by atoms with Crippen LogP contribution in [0.3, 0.4) is 0 Å². The van der Waals surface area contributed by atoms with Gasteiger partial charge in [0.15, 0.2) is 0 Å². The molecule has 1 aromatic carbocycles. The Morgan fingerprint density at radius 1 is 1.33 bits per heavy atom. The highest BCUT2D eigenvalue weighted by Gasteiger charge is 2.29. The number of nitrogens with one attached hydrogen (secondary N) is 1. The average Bonchev–Trinajstić information content (AvgIpc) is 2.98. The van der Waals surface area contributed by atoms with E-state index in [9.17, 15) is 14.0 Å². The van der Waals surface area contributed by atoms with Gasteiger partial charge in [0.2, 0.25) is 17.7 Å². The molecule has 0 unspecified atom stereocenters. The standard InChI is InChI=1S/C19H20FN3O3S/c1-13(24)22-12-27-17-8-19(25)23(11-17)10-14-2-7-18(21-9-14)26-16-5-3-15(20)4-6-16/h2-7,9,17H,8,10-12H2,1H3,(H,22,24)/t17-/m1/s1. The lowest BCUT2D eigenvalue weighted by Crippen LogP contribution is -2.25. The van der Waals surface area contributed by atoms with Gasteiger partial charge in [-0.15, -0.1) is 11.8 Å². The number of carbonyl (C=O) groups excluding carboxylic acids is 2. The molecule has 1 aromatic heterocycles. The second kappa shape index (κ2) is 8.85. The zero-order valence-electron chi connectivity index (χ0n) is 14.9. The minimum absolute atomic E-state index is 0.0716. The van der Waals surface area contributed by atoms with Crippen LogP contribution in [0.5, 0.6) is 11.6 Å². The second-order valence-electron chi connectivity index (χ2n) is 6.21. The van der Waals surface area contributed by atoms with Crippen LogP contribution < -0.4 is 10.1 Å². The van der Waals surface area contributed by atoms with E-state index in [1.807, 2.05) is 6.07 Å². The van der Waals surface area contributed by atoms with Crippen molar-refractivity contribution in [3.05, 3.63) is 54.0 Å². The fourth-order valence-electron chi connectivity index (χ4n) is 2.67. The third-order valence-electron chi connectivity index (χ3n) is 4.03. The smallest absolute Gasteiger partial charge is 0.224 e. The van der Waals surface area contributed by atoms with Crippen LogP contribution in [0.1, 0.15) is 18.9 Å². The van der Waals surface area contributed by atoms with Crippen LogP contribution in [0.2, 0.25) is 0 Å². The van der Waals surface area contributed by atoms with Crippen molar-refractivity contribution in [1.29, 1.82) is 0 Å². The molecule has 1 atom stereocenters. The molecule has 1 fully saturated rings. The summed E-state index contributed by atoms with van der Waals surface area (Å²) in [4.78, 5) is 29.1. The Morgan fingerprint density at radius 2 is 2.11 bits per heavy atom. The summed E-state index contributed by atoms with van der Waals surface area (Å²) >= 11 is 1.58. The first kappa shape index (κ1) is 19.2. The van der Waals surface area contributed by atoms with E-state index in [0.717, 1.165) is 5.56 Å². The Bertz CT molecular complexity index is 799. The molecule has 8 heteroatoms. The monoisotopic (exact) mass is 389 g/mol. The number of hydrogen-bond donors (Lipinski definition) is 1. The van der Waals surface area contributed by atoms with Gasteiger partial charge in [-0.05, 0) is 29.8 Å². The van der Waals surface area contributed by atoms with E-state index in [1.54, 1.807) is 28.9 Å². The van der Waals surface area contributed by atoms with Crippen molar-refractivity contribution in [1.82, 2.24) is 15.2 Å². The zero-order valence-corrected chi connectivity index (χ0v) is 15.7. The fraction of sp³-hybridized carbons (Fsp3) is 0.316. The highest BCUT2D eigenvalue weighted by molar-refractivity contribution is 7.99. The van der Waals surface area contributed by atoms with Crippen LogP contribution in [0.15, 0.2) is 42.6 Å². The summed E-state index contributed by atoms with van der Waals surface area (Å²) in [6, 6.07) is 9.30. The predicted molar refractivity (Wildman–Crippen MR) is 101 cm³/mol. The Kier molecular flexibility index (Phi) is 6.28. The predicted octanol–water partition coefficient (Wildman–Crippen LogP) is 2.94. The molecule has 0 bridgehead atoms. The maximum atomic E-state index is 12.9. The van der Waals surface area contributed by atoms with Crippen molar-refractivity contribution in [3.63, 3.8) is 0 Å². The van der Waals surface area contributed by atoms with E-state index in [0.29, 0.717) is 37.0 Å². The van der Waals surface area contributed by atoms with E-state index in [2.05, 4.69) is 10.3 Å². The van der Waals surface area contributed by atoms with Gasteiger partial charge in [0, 0.05) is 43.9 Å². The first-order valence-electron chi connectivity index (χ1n) is 8.52. The van der Waals surface area contributed by atoms with Gasteiger partial charge in [-0.1, -0.05) is 6.07 Å². The minimum atomic E-state index is -0.325. The van der Waals surface area contributed by atoms with E-state index < -0.39 is 0 Å². The van der Waals surface area contributed by atoms with Gasteiger partial charge in [0.1, 0.15) is 11.6 Å². The number of ether oxygens (including phenoxy) is 1. The first-order valence-corrected chi connectivity index (χ1v) is 9.56. The maximum Gasteiger partial charge on any atom is 0.224 e. The molecule has 6 nitrogen and oxygen atoms in total. The molecule has 142 valence electrons. The molecule has 1 aliphatic rings. The SMILES string of the molecule is CC(=O)NCS[C@@H]1CC(=O)N(Cc2ccc(Oc3ccc(F)cc3)nc2)C1. The lowest BCUT2D eigenvalue weighted by atomic mass is 10.2. The number of amides is 2. The van der Waals surface area contributed by atoms with Gasteiger partial charge in [-0.2, -0.15) is 0 Å². The number of nitrogens with zero attached hydrogens (tertiary/aromatic N) is 2. The summed E-state index contributed by atoms with van der Waals surface area (Å²) in [5.41, 5.74) is 0.905. The van der Waals surface area contributed by atoms with Gasteiger partial charge in [0.05, 0.1) is 5.88 Å². The molecule has 0 radical (unpaired) electrons. The number of benzene rings is 1. The zero-order chi connectivity index (χ0) is 19.2. The number of halogens is 1.